The van der Waals surface area contributed by atoms with Gasteiger partial charge < -0.3 is 24.5 Å². The van der Waals surface area contributed by atoms with Crippen molar-refractivity contribution < 1.29 is 28.7 Å². The predicted octanol–water partition coefficient (Wildman–Crippen LogP) is 5.37. The molecule has 12 nitrogen and oxygen atoms in total. The number of esters is 1. The van der Waals surface area contributed by atoms with Crippen LogP contribution in [0.25, 0.3) is 11.0 Å². The molecule has 0 spiro atoms. The first-order chi connectivity index (χ1) is 23.1. The summed E-state index contributed by atoms with van der Waals surface area (Å²) < 4.78 is 26.5. The van der Waals surface area contributed by atoms with Crippen molar-refractivity contribution in [1.29, 1.82) is 0 Å². The van der Waals surface area contributed by atoms with Gasteiger partial charge in [-0.3, -0.25) is 18.9 Å². The summed E-state index contributed by atoms with van der Waals surface area (Å²) in [4.78, 5) is 49.1. The van der Waals surface area contributed by atoms with Gasteiger partial charge in [-0.2, -0.15) is 0 Å². The largest absolute Gasteiger partial charge is 0.482 e. The maximum Gasteiger partial charge on any atom is 0.324 e. The standard InChI is InChI=1S/C34H36N5O7PS/c1-22(2)46-34(43)26(18-24-13-7-4-8-14-24)39-47(44,38-25(33(41)42)17-23-11-5-3-6-12-23)21-45-27-15-9-10-16-28(27)48-29-19-35-31-30(29)36-20-37-32(31)40/h3-16,19-20,22,25-26,35H,17-18,21H2,1-2H3,(H,41,42)(H,36,37,40)(H2,38,39,44)/t25-,26-,47?/m0/s1. The van der Waals surface area contributed by atoms with Crippen molar-refractivity contribution in [2.75, 3.05) is 6.35 Å². The van der Waals surface area contributed by atoms with E-state index in [2.05, 4.69) is 25.1 Å². The molecule has 3 atom stereocenters. The smallest absolute Gasteiger partial charge is 0.324 e. The van der Waals surface area contributed by atoms with Crippen LogP contribution in [-0.4, -0.2) is 56.5 Å². The van der Waals surface area contributed by atoms with Gasteiger partial charge in [-0.05, 0) is 49.9 Å². The second-order valence-electron chi connectivity index (χ2n) is 11.2. The summed E-state index contributed by atoms with van der Waals surface area (Å²) in [6, 6.07) is 22.8. The van der Waals surface area contributed by atoms with Crippen molar-refractivity contribution in [2.45, 2.75) is 54.7 Å². The van der Waals surface area contributed by atoms with Crippen molar-refractivity contribution in [3.05, 3.63) is 119 Å². The summed E-state index contributed by atoms with van der Waals surface area (Å²) in [5.74, 6) is -1.50. The second kappa shape index (κ2) is 15.9. The lowest BCUT2D eigenvalue weighted by atomic mass is 10.1. The minimum Gasteiger partial charge on any atom is -0.482 e. The molecule has 0 radical (unpaired) electrons. The first kappa shape index (κ1) is 34.6. The number of benzene rings is 3. The molecule has 2 heterocycles. The topological polar surface area (TPSA) is 175 Å². The zero-order chi connectivity index (χ0) is 34.1. The second-order valence-corrected chi connectivity index (χ2v) is 14.6. The highest BCUT2D eigenvalue weighted by molar-refractivity contribution is 7.99. The number of fused-ring (bicyclic) bond motifs is 1. The van der Waals surface area contributed by atoms with Gasteiger partial charge in [0.1, 0.15) is 28.9 Å². The first-order valence-corrected chi connectivity index (χ1v) is 17.9. The van der Waals surface area contributed by atoms with Crippen molar-refractivity contribution in [1.82, 2.24) is 25.1 Å². The third kappa shape index (κ3) is 9.23. The van der Waals surface area contributed by atoms with E-state index in [0.29, 0.717) is 26.6 Å². The molecule has 5 rings (SSSR count). The molecule has 3 aromatic carbocycles. The van der Waals surface area contributed by atoms with E-state index in [0.717, 1.165) is 11.1 Å². The highest BCUT2D eigenvalue weighted by Crippen LogP contribution is 2.42. The third-order valence-corrected chi connectivity index (χ3v) is 10.2. The van der Waals surface area contributed by atoms with Crippen LogP contribution in [0.15, 0.2) is 112 Å². The Bertz CT molecular complexity index is 1950. The molecule has 0 bridgehead atoms. The van der Waals surface area contributed by atoms with E-state index in [-0.39, 0.29) is 18.4 Å². The van der Waals surface area contributed by atoms with Crippen LogP contribution in [0.3, 0.4) is 0 Å². The van der Waals surface area contributed by atoms with Crippen LogP contribution in [0.2, 0.25) is 0 Å². The maximum atomic E-state index is 14.8. The SMILES string of the molecule is CC(C)OC(=O)[C@H](Cc1ccccc1)NP(=O)(COc1ccccc1Sc1c[nH]c2c(=O)[nH]cnc12)N[C@@H](Cc1ccccc1)C(=O)O. The number of hydrogen-bond acceptors (Lipinski definition) is 8. The van der Waals surface area contributed by atoms with Gasteiger partial charge in [0.2, 0.25) is 7.44 Å². The summed E-state index contributed by atoms with van der Waals surface area (Å²) in [7, 11) is -4.04. The number of carboxylic acid groups (broad SMARTS) is 1. The predicted molar refractivity (Wildman–Crippen MR) is 183 cm³/mol. The summed E-state index contributed by atoms with van der Waals surface area (Å²) in [5.41, 5.74) is 2.00. The fourth-order valence-corrected chi connectivity index (χ4v) is 7.87. The molecular weight excluding hydrogens is 653 g/mol. The summed E-state index contributed by atoms with van der Waals surface area (Å²) >= 11 is 1.29. The van der Waals surface area contributed by atoms with Gasteiger partial charge in [0, 0.05) is 6.20 Å². The Kier molecular flexibility index (Phi) is 11.5. The number of carboxylic acids is 1. The molecule has 0 aliphatic carbocycles. The minimum atomic E-state index is -4.04. The highest BCUT2D eigenvalue weighted by atomic mass is 32.2. The van der Waals surface area contributed by atoms with Gasteiger partial charge in [0.15, 0.2) is 6.35 Å². The molecule has 14 heteroatoms. The Labute approximate surface area is 281 Å². The summed E-state index contributed by atoms with van der Waals surface area (Å²) in [5, 5.41) is 16.0. The Hall–Kier alpha value is -4.68. The van der Waals surface area contributed by atoms with E-state index in [1.54, 1.807) is 68.6 Å². The lowest BCUT2D eigenvalue weighted by Gasteiger charge is -2.29. The number of hydrogen-bond donors (Lipinski definition) is 5. The zero-order valence-corrected chi connectivity index (χ0v) is 28.0. The minimum absolute atomic E-state index is 0.0285. The van der Waals surface area contributed by atoms with Crippen molar-refractivity contribution >= 4 is 42.2 Å². The first-order valence-electron chi connectivity index (χ1n) is 15.2. The van der Waals surface area contributed by atoms with Gasteiger partial charge >= 0.3 is 11.9 Å². The third-order valence-electron chi connectivity index (χ3n) is 7.13. The van der Waals surface area contributed by atoms with Gasteiger partial charge in [-0.15, -0.1) is 0 Å². The fraction of sp³-hybridized carbons (Fsp3) is 0.235. The number of carbonyl (C=O) groups is 2. The lowest BCUT2D eigenvalue weighted by molar-refractivity contribution is -0.149. The van der Waals surface area contributed by atoms with Gasteiger partial charge in [0.25, 0.3) is 5.56 Å². The molecular formula is C34H36N5O7PS. The van der Waals surface area contributed by atoms with E-state index in [1.807, 2.05) is 36.4 Å². The van der Waals surface area contributed by atoms with Crippen LogP contribution in [-0.2, 0) is 31.7 Å². The fourth-order valence-electron chi connectivity index (χ4n) is 4.94. The quantitative estimate of drug-likeness (QED) is 0.0665. The Morgan fingerprint density at radius 1 is 0.875 bits per heavy atom. The molecule has 250 valence electrons. The molecule has 0 aliphatic heterocycles. The van der Waals surface area contributed by atoms with Crippen LogP contribution < -0.4 is 20.5 Å². The summed E-state index contributed by atoms with van der Waals surface area (Å²) in [6.45, 7) is 3.43. The van der Waals surface area contributed by atoms with E-state index >= 15 is 0 Å². The molecule has 0 saturated heterocycles. The van der Waals surface area contributed by atoms with Crippen LogP contribution >= 0.6 is 19.2 Å². The molecule has 0 amide bonds. The Balaban J connectivity index is 1.45. The number of aliphatic carboxylic acids is 1. The van der Waals surface area contributed by atoms with Gasteiger partial charge in [-0.1, -0.05) is 84.6 Å². The average Bonchev–Trinajstić information content (AvgIpc) is 3.48. The van der Waals surface area contributed by atoms with Crippen molar-refractivity contribution in [2.24, 2.45) is 0 Å². The van der Waals surface area contributed by atoms with Crippen LogP contribution in [0.1, 0.15) is 25.0 Å². The van der Waals surface area contributed by atoms with Crippen LogP contribution in [0.4, 0.5) is 0 Å². The molecule has 1 unspecified atom stereocenters. The number of nitrogens with one attached hydrogen (secondary N) is 4. The molecule has 5 N–H and O–H groups in total. The molecule has 5 aromatic rings. The van der Waals surface area contributed by atoms with Crippen LogP contribution in [0.5, 0.6) is 5.75 Å². The Morgan fingerprint density at radius 2 is 1.48 bits per heavy atom. The number of rotatable bonds is 16. The number of nitrogens with zero attached hydrogens (tertiary/aromatic N) is 1. The van der Waals surface area contributed by atoms with Crippen molar-refractivity contribution in [3.8, 4) is 5.75 Å². The van der Waals surface area contributed by atoms with E-state index < -0.39 is 43.9 Å². The maximum absolute atomic E-state index is 14.8. The average molecular weight is 690 g/mol. The van der Waals surface area contributed by atoms with E-state index in [4.69, 9.17) is 9.47 Å². The van der Waals surface area contributed by atoms with Gasteiger partial charge in [0.05, 0.1) is 22.2 Å². The molecule has 0 fully saturated rings. The number of aromatic amines is 2. The monoisotopic (exact) mass is 689 g/mol. The molecule has 48 heavy (non-hydrogen) atoms. The Morgan fingerprint density at radius 3 is 2.12 bits per heavy atom. The van der Waals surface area contributed by atoms with E-state index in [1.165, 1.54) is 18.1 Å². The highest BCUT2D eigenvalue weighted by Gasteiger charge is 2.36. The molecule has 2 aromatic heterocycles. The zero-order valence-electron chi connectivity index (χ0n) is 26.3. The number of para-hydroxylation sites is 1. The number of carbonyl (C=O) groups excluding carboxylic acids is 1. The van der Waals surface area contributed by atoms with Crippen molar-refractivity contribution in [3.63, 3.8) is 0 Å². The van der Waals surface area contributed by atoms with Gasteiger partial charge in [-0.25, -0.2) is 15.2 Å². The summed E-state index contributed by atoms with van der Waals surface area (Å²) in [6.07, 6.45) is 2.20. The number of aromatic nitrogens is 3. The molecule has 0 saturated carbocycles. The van der Waals surface area contributed by atoms with Crippen LogP contribution in [0, 0.1) is 0 Å². The number of ether oxygens (including phenoxy) is 2. The normalized spacial score (nSPS) is 13.9. The lowest BCUT2D eigenvalue weighted by Crippen LogP contribution is -2.46. The number of H-pyrrole nitrogens is 2. The molecule has 0 aliphatic rings. The van der Waals surface area contributed by atoms with E-state index in [9.17, 15) is 24.1 Å².